The Bertz CT molecular complexity index is 1150. The lowest BCUT2D eigenvalue weighted by atomic mass is 10.1. The number of thioether (sulfide) groups is 1. The van der Waals surface area contributed by atoms with Gasteiger partial charge in [0.25, 0.3) is 5.91 Å². The van der Waals surface area contributed by atoms with Crippen LogP contribution in [0.4, 0.5) is 0 Å². The Balaban J connectivity index is 1.36. The first kappa shape index (κ1) is 21.8. The summed E-state index contributed by atoms with van der Waals surface area (Å²) < 4.78 is 11.6. The van der Waals surface area contributed by atoms with E-state index in [2.05, 4.69) is 16.2 Å². The average molecular weight is 449 g/mol. The summed E-state index contributed by atoms with van der Waals surface area (Å²) in [5.41, 5.74) is 3.24. The van der Waals surface area contributed by atoms with Crippen LogP contribution in [0.15, 0.2) is 58.1 Å². The third-order valence-corrected chi connectivity index (χ3v) is 6.00. The summed E-state index contributed by atoms with van der Waals surface area (Å²) in [6.07, 6.45) is 2.39. The molecular formula is C24H24N4O3S. The van der Waals surface area contributed by atoms with Crippen LogP contribution in [0.5, 0.6) is 11.5 Å². The number of aliphatic imine (C=N–C) groups is 1. The number of carbonyl (C=O) groups is 1. The number of amidine groups is 2. The van der Waals surface area contributed by atoms with Crippen LogP contribution in [-0.2, 0) is 4.79 Å². The molecule has 0 atom stereocenters. The van der Waals surface area contributed by atoms with Gasteiger partial charge < -0.3 is 9.47 Å². The molecule has 0 spiro atoms. The molecule has 0 bridgehead atoms. The number of rotatable bonds is 7. The SMILES string of the molecule is CCC1=NN2C(=N)C(=Cc3ccc(OCCOc4cc(C)ccc4C)cc3)C(=O)N=C2S1. The van der Waals surface area contributed by atoms with Crippen molar-refractivity contribution in [3.63, 3.8) is 0 Å². The Morgan fingerprint density at radius 1 is 1.09 bits per heavy atom. The van der Waals surface area contributed by atoms with Gasteiger partial charge in [-0.1, -0.05) is 31.2 Å². The minimum atomic E-state index is -0.426. The zero-order valence-electron chi connectivity index (χ0n) is 18.2. The fraction of sp³-hybridized carbons (Fsp3) is 0.250. The lowest BCUT2D eigenvalue weighted by Crippen LogP contribution is -2.35. The first-order valence-electron chi connectivity index (χ1n) is 10.4. The van der Waals surface area contributed by atoms with Gasteiger partial charge >= 0.3 is 0 Å². The molecule has 0 unspecified atom stereocenters. The molecule has 2 aromatic rings. The summed E-state index contributed by atoms with van der Waals surface area (Å²) in [4.78, 5) is 16.5. The average Bonchev–Trinajstić information content (AvgIpc) is 3.20. The second-order valence-corrected chi connectivity index (χ2v) is 8.44. The smallest absolute Gasteiger partial charge is 0.283 e. The summed E-state index contributed by atoms with van der Waals surface area (Å²) in [5.74, 6) is 1.19. The van der Waals surface area contributed by atoms with E-state index in [1.807, 2.05) is 57.2 Å². The van der Waals surface area contributed by atoms with Crippen molar-refractivity contribution in [3.05, 3.63) is 64.7 Å². The molecule has 8 heteroatoms. The van der Waals surface area contributed by atoms with Crippen LogP contribution in [-0.4, -0.2) is 40.2 Å². The van der Waals surface area contributed by atoms with E-state index >= 15 is 0 Å². The van der Waals surface area contributed by atoms with Gasteiger partial charge in [-0.3, -0.25) is 10.2 Å². The second kappa shape index (κ2) is 9.40. The van der Waals surface area contributed by atoms with Crippen LogP contribution in [0.1, 0.15) is 30.0 Å². The molecule has 0 fully saturated rings. The molecule has 32 heavy (non-hydrogen) atoms. The summed E-state index contributed by atoms with van der Waals surface area (Å²) in [6.45, 7) is 6.89. The van der Waals surface area contributed by atoms with E-state index in [-0.39, 0.29) is 11.4 Å². The summed E-state index contributed by atoms with van der Waals surface area (Å²) in [6, 6.07) is 13.5. The third kappa shape index (κ3) is 4.75. The molecule has 2 aliphatic heterocycles. The number of fused-ring (bicyclic) bond motifs is 1. The molecule has 7 nitrogen and oxygen atoms in total. The highest BCUT2D eigenvalue weighted by atomic mass is 32.2. The minimum absolute atomic E-state index is 0.0415. The highest BCUT2D eigenvalue weighted by molar-refractivity contribution is 8.26. The molecule has 0 aliphatic carbocycles. The molecule has 2 aliphatic rings. The Morgan fingerprint density at radius 2 is 1.84 bits per heavy atom. The van der Waals surface area contributed by atoms with Crippen LogP contribution in [0.3, 0.4) is 0 Å². The quantitative estimate of drug-likeness (QED) is 0.486. The lowest BCUT2D eigenvalue weighted by Gasteiger charge is -2.20. The Hall–Kier alpha value is -3.39. The second-order valence-electron chi connectivity index (χ2n) is 7.40. The van der Waals surface area contributed by atoms with Crippen LogP contribution in [0.2, 0.25) is 0 Å². The minimum Gasteiger partial charge on any atom is -0.490 e. The predicted molar refractivity (Wildman–Crippen MR) is 129 cm³/mol. The topological polar surface area (TPSA) is 87.3 Å². The highest BCUT2D eigenvalue weighted by Gasteiger charge is 2.34. The van der Waals surface area contributed by atoms with Gasteiger partial charge in [0, 0.05) is 0 Å². The molecule has 2 aromatic carbocycles. The largest absolute Gasteiger partial charge is 0.490 e. The van der Waals surface area contributed by atoms with Gasteiger partial charge in [0.1, 0.15) is 29.8 Å². The first-order chi connectivity index (χ1) is 15.4. The number of ether oxygens (including phenoxy) is 2. The van der Waals surface area contributed by atoms with E-state index in [1.54, 1.807) is 6.08 Å². The van der Waals surface area contributed by atoms with Gasteiger partial charge in [0.05, 0.1) is 5.57 Å². The van der Waals surface area contributed by atoms with E-state index in [4.69, 9.17) is 14.9 Å². The number of benzene rings is 2. The molecule has 0 aromatic heterocycles. The number of hydrogen-bond acceptors (Lipinski definition) is 6. The zero-order chi connectivity index (χ0) is 22.7. The zero-order valence-corrected chi connectivity index (χ0v) is 19.0. The van der Waals surface area contributed by atoms with Crippen molar-refractivity contribution in [2.45, 2.75) is 27.2 Å². The molecule has 1 N–H and O–H groups in total. The highest BCUT2D eigenvalue weighted by Crippen LogP contribution is 2.29. The van der Waals surface area contributed by atoms with E-state index in [1.165, 1.54) is 16.8 Å². The van der Waals surface area contributed by atoms with Crippen molar-refractivity contribution in [1.29, 1.82) is 5.41 Å². The molecule has 2 heterocycles. The molecule has 0 saturated carbocycles. The molecule has 0 radical (unpaired) electrons. The van der Waals surface area contributed by atoms with E-state index in [9.17, 15) is 4.79 Å². The van der Waals surface area contributed by atoms with E-state index in [0.29, 0.717) is 24.1 Å². The number of amides is 1. The fourth-order valence-electron chi connectivity index (χ4n) is 3.18. The van der Waals surface area contributed by atoms with Crippen molar-refractivity contribution in [3.8, 4) is 11.5 Å². The van der Waals surface area contributed by atoms with Crippen molar-refractivity contribution in [2.24, 2.45) is 10.1 Å². The number of nitrogens with zero attached hydrogens (tertiary/aromatic N) is 3. The van der Waals surface area contributed by atoms with Crippen LogP contribution in [0, 0.1) is 19.3 Å². The fourth-order valence-corrected chi connectivity index (χ4v) is 4.00. The maximum atomic E-state index is 12.4. The van der Waals surface area contributed by atoms with Crippen molar-refractivity contribution >= 4 is 39.8 Å². The van der Waals surface area contributed by atoms with Gasteiger partial charge in [0.2, 0.25) is 5.17 Å². The number of hydrazone groups is 1. The maximum absolute atomic E-state index is 12.4. The van der Waals surface area contributed by atoms with E-state index in [0.717, 1.165) is 33.9 Å². The predicted octanol–water partition coefficient (Wildman–Crippen LogP) is 4.79. The molecule has 0 saturated heterocycles. The number of nitrogens with one attached hydrogen (secondary N) is 1. The molecule has 164 valence electrons. The summed E-state index contributed by atoms with van der Waals surface area (Å²) >= 11 is 1.33. The molecule has 4 rings (SSSR count). The number of carbonyl (C=O) groups excluding carboxylic acids is 1. The van der Waals surface area contributed by atoms with Gasteiger partial charge in [-0.05, 0) is 73.0 Å². The van der Waals surface area contributed by atoms with Crippen LogP contribution < -0.4 is 9.47 Å². The molecule has 1 amide bonds. The number of hydrogen-bond donors (Lipinski definition) is 1. The maximum Gasteiger partial charge on any atom is 0.283 e. The molecular weight excluding hydrogens is 424 g/mol. The monoisotopic (exact) mass is 448 g/mol. The van der Waals surface area contributed by atoms with Gasteiger partial charge in [0.15, 0.2) is 5.84 Å². The van der Waals surface area contributed by atoms with Gasteiger partial charge in [-0.15, -0.1) is 0 Å². The third-order valence-electron chi connectivity index (χ3n) is 4.94. The standard InChI is InChI=1S/C24H24N4O3S/c1-4-21-27-28-22(25)19(23(29)26-24(28)32-21)14-17-7-9-18(10-8-17)30-11-12-31-20-13-15(2)5-6-16(20)3/h5-10,13-14,25H,4,11-12H2,1-3H3. The van der Waals surface area contributed by atoms with Crippen molar-refractivity contribution < 1.29 is 14.3 Å². The summed E-state index contributed by atoms with van der Waals surface area (Å²) in [7, 11) is 0. The summed E-state index contributed by atoms with van der Waals surface area (Å²) in [5, 5.41) is 15.4. The van der Waals surface area contributed by atoms with Gasteiger partial charge in [-0.25, -0.2) is 0 Å². The number of aryl methyl sites for hydroxylation is 2. The first-order valence-corrected chi connectivity index (χ1v) is 11.2. The Labute approximate surface area is 191 Å². The normalized spacial score (nSPS) is 16.7. The van der Waals surface area contributed by atoms with Crippen molar-refractivity contribution in [2.75, 3.05) is 13.2 Å². The van der Waals surface area contributed by atoms with Crippen LogP contribution >= 0.6 is 11.8 Å². The Morgan fingerprint density at radius 3 is 2.59 bits per heavy atom. The van der Waals surface area contributed by atoms with Gasteiger partial charge in [-0.2, -0.15) is 15.1 Å². The Kier molecular flexibility index (Phi) is 6.41. The lowest BCUT2D eigenvalue weighted by molar-refractivity contribution is -0.114. The van der Waals surface area contributed by atoms with Crippen molar-refractivity contribution in [1.82, 2.24) is 5.01 Å². The van der Waals surface area contributed by atoms with E-state index < -0.39 is 5.91 Å². The van der Waals surface area contributed by atoms with Crippen LogP contribution in [0.25, 0.3) is 6.08 Å².